The lowest BCUT2D eigenvalue weighted by atomic mass is 9.90. The maximum Gasteiger partial charge on any atom is 0.223 e. The zero-order chi connectivity index (χ0) is 19.6. The molecule has 0 spiro atoms. The molecule has 1 aliphatic rings. The Labute approximate surface area is 160 Å². The average molecular weight is 371 g/mol. The SMILES string of the molecule is C=C1C(=O)C(OC)=C(C[Si](C(C)C)(C(C)C)C(C)C)C1c1ccccc1. The molecule has 0 saturated heterocycles. The summed E-state index contributed by atoms with van der Waals surface area (Å²) in [7, 11) is -0.0935. The van der Waals surface area contributed by atoms with Crippen LogP contribution >= 0.6 is 0 Å². The molecule has 1 atom stereocenters. The summed E-state index contributed by atoms with van der Waals surface area (Å²) < 4.78 is 5.63. The third kappa shape index (κ3) is 3.34. The van der Waals surface area contributed by atoms with Gasteiger partial charge in [0.2, 0.25) is 5.78 Å². The normalized spacial score (nSPS) is 18.6. The van der Waals surface area contributed by atoms with Gasteiger partial charge >= 0.3 is 0 Å². The fraction of sp³-hybridized carbons (Fsp3) is 0.522. The molecule has 1 aliphatic carbocycles. The number of Topliss-reactive ketones (excluding diaryl/α,β-unsaturated/α-hetero) is 1. The van der Waals surface area contributed by atoms with E-state index in [9.17, 15) is 4.79 Å². The summed E-state index contributed by atoms with van der Waals surface area (Å²) in [5.74, 6) is 0.486. The first-order chi connectivity index (χ1) is 12.2. The van der Waals surface area contributed by atoms with Crippen LogP contribution < -0.4 is 0 Å². The van der Waals surface area contributed by atoms with Crippen molar-refractivity contribution in [2.45, 2.75) is 70.1 Å². The monoisotopic (exact) mass is 370 g/mol. The minimum absolute atomic E-state index is 0.0180. The fourth-order valence-corrected chi connectivity index (χ4v) is 11.4. The number of rotatable bonds is 7. The molecular weight excluding hydrogens is 336 g/mol. The number of ketones is 1. The minimum Gasteiger partial charge on any atom is -0.493 e. The van der Waals surface area contributed by atoms with Crippen LogP contribution in [0.3, 0.4) is 0 Å². The topological polar surface area (TPSA) is 26.3 Å². The molecule has 142 valence electrons. The number of allylic oxidation sites excluding steroid dienone is 2. The number of hydrogen-bond acceptors (Lipinski definition) is 2. The Balaban J connectivity index is 2.62. The molecule has 1 aromatic carbocycles. The van der Waals surface area contributed by atoms with Crippen molar-refractivity contribution >= 4 is 13.9 Å². The molecular formula is C23H34O2Si. The van der Waals surface area contributed by atoms with Crippen molar-refractivity contribution in [3.8, 4) is 0 Å². The number of benzene rings is 1. The van der Waals surface area contributed by atoms with Gasteiger partial charge in [-0.15, -0.1) is 0 Å². The highest BCUT2D eigenvalue weighted by atomic mass is 28.3. The predicted molar refractivity (Wildman–Crippen MR) is 113 cm³/mol. The molecule has 3 heteroatoms. The van der Waals surface area contributed by atoms with Crippen LogP contribution in [0.15, 0.2) is 53.8 Å². The van der Waals surface area contributed by atoms with Gasteiger partial charge in [-0.3, -0.25) is 4.79 Å². The first kappa shape index (κ1) is 20.7. The second-order valence-corrected chi connectivity index (χ2v) is 14.6. The lowest BCUT2D eigenvalue weighted by molar-refractivity contribution is -0.114. The van der Waals surface area contributed by atoms with Crippen LogP contribution in [0.1, 0.15) is 53.0 Å². The van der Waals surface area contributed by atoms with Crippen molar-refractivity contribution in [3.05, 3.63) is 59.4 Å². The van der Waals surface area contributed by atoms with Crippen molar-refractivity contribution in [3.63, 3.8) is 0 Å². The predicted octanol–water partition coefficient (Wildman–Crippen LogP) is 6.49. The molecule has 0 heterocycles. The molecule has 0 radical (unpaired) electrons. The number of carbonyl (C=O) groups is 1. The Kier molecular flexibility index (Phi) is 6.33. The standard InChI is InChI=1S/C23H34O2Si/c1-15(2)26(16(3)4,17(5)6)14-20-21(19-12-10-9-11-13-19)18(7)22(24)23(20)25-8/h9-13,15-17,21H,7,14H2,1-6,8H3. The number of ether oxygens (including phenoxy) is 1. The first-order valence-electron chi connectivity index (χ1n) is 9.73. The molecule has 2 rings (SSSR count). The Morgan fingerprint density at radius 1 is 1.00 bits per heavy atom. The third-order valence-corrected chi connectivity index (χ3v) is 14.0. The lowest BCUT2D eigenvalue weighted by Crippen LogP contribution is -2.45. The van der Waals surface area contributed by atoms with E-state index >= 15 is 0 Å². The zero-order valence-corrected chi connectivity index (χ0v) is 18.4. The maximum atomic E-state index is 12.9. The van der Waals surface area contributed by atoms with Gasteiger partial charge in [-0.2, -0.15) is 0 Å². The van der Waals surface area contributed by atoms with Gasteiger partial charge in [0.15, 0.2) is 5.76 Å². The van der Waals surface area contributed by atoms with Gasteiger partial charge in [0.25, 0.3) is 0 Å². The summed E-state index contributed by atoms with van der Waals surface area (Å²) in [5, 5.41) is 0. The van der Waals surface area contributed by atoms with Crippen molar-refractivity contribution in [2.24, 2.45) is 0 Å². The van der Waals surface area contributed by atoms with Gasteiger partial charge in [-0.25, -0.2) is 0 Å². The van der Waals surface area contributed by atoms with Crippen LogP contribution in [-0.2, 0) is 9.53 Å². The summed E-state index contributed by atoms with van der Waals surface area (Å²) in [6, 6.07) is 11.3. The summed E-state index contributed by atoms with van der Waals surface area (Å²) in [5.41, 5.74) is 4.86. The van der Waals surface area contributed by atoms with Gasteiger partial charge < -0.3 is 4.74 Å². The first-order valence-corrected chi connectivity index (χ1v) is 12.2. The van der Waals surface area contributed by atoms with E-state index in [1.165, 1.54) is 0 Å². The number of methoxy groups -OCH3 is 1. The van der Waals surface area contributed by atoms with E-state index in [0.29, 0.717) is 28.0 Å². The minimum atomic E-state index is -1.72. The molecule has 0 aromatic heterocycles. The van der Waals surface area contributed by atoms with E-state index in [0.717, 1.165) is 17.2 Å². The number of hydrogen-bond donors (Lipinski definition) is 0. The largest absolute Gasteiger partial charge is 0.493 e. The van der Waals surface area contributed by atoms with Gasteiger partial charge in [0.05, 0.1) is 15.2 Å². The molecule has 1 aromatic rings. The van der Waals surface area contributed by atoms with E-state index < -0.39 is 8.07 Å². The molecule has 0 N–H and O–H groups in total. The van der Waals surface area contributed by atoms with E-state index in [1.54, 1.807) is 7.11 Å². The van der Waals surface area contributed by atoms with E-state index in [4.69, 9.17) is 4.74 Å². The molecule has 1 unspecified atom stereocenters. The van der Waals surface area contributed by atoms with E-state index in [1.807, 2.05) is 18.2 Å². The van der Waals surface area contributed by atoms with Crippen molar-refractivity contribution in [1.29, 1.82) is 0 Å². The summed E-state index contributed by atoms with van der Waals surface area (Å²) in [6.07, 6.45) is 0. The molecule has 0 saturated carbocycles. The molecule has 0 aliphatic heterocycles. The van der Waals surface area contributed by atoms with Crippen LogP contribution in [-0.4, -0.2) is 21.0 Å². The van der Waals surface area contributed by atoms with Crippen molar-refractivity contribution in [2.75, 3.05) is 7.11 Å². The Morgan fingerprint density at radius 2 is 1.50 bits per heavy atom. The Morgan fingerprint density at radius 3 is 1.92 bits per heavy atom. The molecule has 0 bridgehead atoms. The second-order valence-electron chi connectivity index (χ2n) is 8.51. The van der Waals surface area contributed by atoms with Crippen molar-refractivity contribution in [1.82, 2.24) is 0 Å². The van der Waals surface area contributed by atoms with Crippen LogP contribution in [0.5, 0.6) is 0 Å². The van der Waals surface area contributed by atoms with Crippen LogP contribution in [0.2, 0.25) is 22.7 Å². The Hall–Kier alpha value is -1.61. The smallest absolute Gasteiger partial charge is 0.223 e. The highest BCUT2D eigenvalue weighted by Crippen LogP contribution is 2.52. The van der Waals surface area contributed by atoms with Gasteiger partial charge in [0, 0.05) is 11.5 Å². The maximum absolute atomic E-state index is 12.9. The molecule has 26 heavy (non-hydrogen) atoms. The fourth-order valence-electron chi connectivity index (χ4n) is 5.16. The highest BCUT2D eigenvalue weighted by molar-refractivity contribution is 6.84. The van der Waals surface area contributed by atoms with Gasteiger partial charge in [-0.1, -0.05) is 95.1 Å². The van der Waals surface area contributed by atoms with Gasteiger partial charge in [0.1, 0.15) is 0 Å². The molecule has 2 nitrogen and oxygen atoms in total. The average Bonchev–Trinajstić information content (AvgIpc) is 2.82. The van der Waals surface area contributed by atoms with E-state index in [2.05, 4.69) is 60.3 Å². The third-order valence-electron chi connectivity index (χ3n) is 6.54. The summed E-state index contributed by atoms with van der Waals surface area (Å²) in [4.78, 5) is 12.9. The summed E-state index contributed by atoms with van der Waals surface area (Å²) >= 11 is 0. The quantitative estimate of drug-likeness (QED) is 0.405. The van der Waals surface area contributed by atoms with Gasteiger partial charge in [-0.05, 0) is 17.2 Å². The molecule has 0 fully saturated rings. The second kappa shape index (κ2) is 7.95. The highest BCUT2D eigenvalue weighted by Gasteiger charge is 2.48. The Bertz CT molecular complexity index is 676. The lowest BCUT2D eigenvalue weighted by Gasteiger charge is -2.44. The van der Waals surface area contributed by atoms with Crippen molar-refractivity contribution < 1.29 is 9.53 Å². The van der Waals surface area contributed by atoms with Crippen LogP contribution in [0.25, 0.3) is 0 Å². The zero-order valence-electron chi connectivity index (χ0n) is 17.4. The molecule has 0 amide bonds. The van der Waals surface area contributed by atoms with Crippen LogP contribution in [0.4, 0.5) is 0 Å². The number of carbonyl (C=O) groups excluding carboxylic acids is 1. The van der Waals surface area contributed by atoms with E-state index in [-0.39, 0.29) is 11.7 Å². The van der Waals surface area contributed by atoms with Crippen LogP contribution in [0, 0.1) is 0 Å². The summed E-state index contributed by atoms with van der Waals surface area (Å²) in [6.45, 7) is 18.3.